The van der Waals surface area contributed by atoms with Crippen LogP contribution in [0, 0.1) is 12.8 Å². The summed E-state index contributed by atoms with van der Waals surface area (Å²) in [4.78, 5) is 0. The van der Waals surface area contributed by atoms with Gasteiger partial charge in [-0.3, -0.25) is 0 Å². The summed E-state index contributed by atoms with van der Waals surface area (Å²) in [5, 5.41) is 3.49. The van der Waals surface area contributed by atoms with Crippen molar-refractivity contribution in [2.75, 3.05) is 33.9 Å². The summed E-state index contributed by atoms with van der Waals surface area (Å²) in [5.41, 5.74) is 2.54. The Balaban J connectivity index is 2.81. The summed E-state index contributed by atoms with van der Waals surface area (Å²) >= 11 is 0. The Labute approximate surface area is 123 Å². The third-order valence-corrected chi connectivity index (χ3v) is 4.04. The van der Waals surface area contributed by atoms with Gasteiger partial charge in [0.25, 0.3) is 0 Å². The standard InChI is InChI=1S/C17H29NO2/c1-6-13(2)16(12-18-9-10-19-4)15-8-7-14(3)17(11-15)20-5/h7-8,11,13,16,18H,6,9-10,12H2,1-5H3. The predicted molar refractivity (Wildman–Crippen MR) is 84.7 cm³/mol. The van der Waals surface area contributed by atoms with Crippen LogP contribution in [0.15, 0.2) is 18.2 Å². The van der Waals surface area contributed by atoms with Crippen molar-refractivity contribution in [3.05, 3.63) is 29.3 Å². The monoisotopic (exact) mass is 279 g/mol. The molecule has 0 spiro atoms. The SMILES string of the molecule is CCC(C)C(CNCCOC)c1ccc(C)c(OC)c1. The fourth-order valence-corrected chi connectivity index (χ4v) is 2.43. The first-order valence-corrected chi connectivity index (χ1v) is 7.48. The van der Waals surface area contributed by atoms with Crippen LogP contribution < -0.4 is 10.1 Å². The first-order chi connectivity index (χ1) is 9.63. The maximum absolute atomic E-state index is 5.45. The molecule has 0 amide bonds. The fourth-order valence-electron chi connectivity index (χ4n) is 2.43. The number of benzene rings is 1. The zero-order chi connectivity index (χ0) is 15.0. The van der Waals surface area contributed by atoms with Crippen molar-refractivity contribution in [2.24, 2.45) is 5.92 Å². The highest BCUT2D eigenvalue weighted by Crippen LogP contribution is 2.30. The maximum Gasteiger partial charge on any atom is 0.122 e. The molecule has 1 aromatic rings. The van der Waals surface area contributed by atoms with E-state index < -0.39 is 0 Å². The van der Waals surface area contributed by atoms with Gasteiger partial charge in [0, 0.05) is 20.2 Å². The topological polar surface area (TPSA) is 30.5 Å². The summed E-state index contributed by atoms with van der Waals surface area (Å²) in [7, 11) is 3.47. The van der Waals surface area contributed by atoms with Crippen molar-refractivity contribution in [3.8, 4) is 5.75 Å². The van der Waals surface area contributed by atoms with E-state index in [1.54, 1.807) is 14.2 Å². The number of hydrogen-bond donors (Lipinski definition) is 1. The summed E-state index contributed by atoms with van der Waals surface area (Å²) in [6.45, 7) is 9.27. The average Bonchev–Trinajstić information content (AvgIpc) is 2.47. The van der Waals surface area contributed by atoms with Crippen LogP contribution in [0.4, 0.5) is 0 Å². The second-order valence-corrected chi connectivity index (χ2v) is 5.42. The van der Waals surface area contributed by atoms with Crippen LogP contribution >= 0.6 is 0 Å². The smallest absolute Gasteiger partial charge is 0.122 e. The van der Waals surface area contributed by atoms with Crippen molar-refractivity contribution in [3.63, 3.8) is 0 Å². The van der Waals surface area contributed by atoms with E-state index >= 15 is 0 Å². The predicted octanol–water partition coefficient (Wildman–Crippen LogP) is 3.37. The number of hydrogen-bond acceptors (Lipinski definition) is 3. The minimum Gasteiger partial charge on any atom is -0.496 e. The Kier molecular flexibility index (Phi) is 7.63. The molecule has 0 aliphatic rings. The summed E-state index contributed by atoms with van der Waals surface area (Å²) in [6.07, 6.45) is 1.17. The van der Waals surface area contributed by atoms with Gasteiger partial charge in [-0.2, -0.15) is 0 Å². The van der Waals surface area contributed by atoms with E-state index in [0.717, 1.165) is 25.4 Å². The summed E-state index contributed by atoms with van der Waals surface area (Å²) in [5.74, 6) is 2.12. The van der Waals surface area contributed by atoms with Gasteiger partial charge in [-0.25, -0.2) is 0 Å². The Bertz CT molecular complexity index is 393. The number of aryl methyl sites for hydroxylation is 1. The molecule has 1 aromatic carbocycles. The molecule has 0 saturated heterocycles. The van der Waals surface area contributed by atoms with E-state index in [2.05, 4.69) is 44.3 Å². The molecule has 0 aliphatic heterocycles. The molecule has 3 nitrogen and oxygen atoms in total. The highest BCUT2D eigenvalue weighted by atomic mass is 16.5. The van der Waals surface area contributed by atoms with Gasteiger partial charge in [0.1, 0.15) is 5.75 Å². The average molecular weight is 279 g/mol. The summed E-state index contributed by atoms with van der Waals surface area (Å²) in [6, 6.07) is 6.57. The van der Waals surface area contributed by atoms with Crippen LogP contribution in [0.25, 0.3) is 0 Å². The van der Waals surface area contributed by atoms with Crippen molar-refractivity contribution in [2.45, 2.75) is 33.1 Å². The van der Waals surface area contributed by atoms with Crippen molar-refractivity contribution >= 4 is 0 Å². The number of methoxy groups -OCH3 is 2. The third-order valence-electron chi connectivity index (χ3n) is 4.04. The molecular weight excluding hydrogens is 250 g/mol. The van der Waals surface area contributed by atoms with E-state index in [0.29, 0.717) is 11.8 Å². The van der Waals surface area contributed by atoms with E-state index in [1.807, 2.05) is 0 Å². The Morgan fingerprint density at radius 1 is 1.25 bits per heavy atom. The molecule has 0 radical (unpaired) electrons. The lowest BCUT2D eigenvalue weighted by Crippen LogP contribution is -2.28. The van der Waals surface area contributed by atoms with Gasteiger partial charge in [0.05, 0.1) is 13.7 Å². The van der Waals surface area contributed by atoms with Crippen LogP contribution in [-0.4, -0.2) is 33.9 Å². The molecule has 0 aromatic heterocycles. The number of rotatable bonds is 9. The largest absolute Gasteiger partial charge is 0.496 e. The quantitative estimate of drug-likeness (QED) is 0.703. The van der Waals surface area contributed by atoms with Crippen LogP contribution in [0.2, 0.25) is 0 Å². The first-order valence-electron chi connectivity index (χ1n) is 7.48. The van der Waals surface area contributed by atoms with Crippen molar-refractivity contribution in [1.29, 1.82) is 0 Å². The Morgan fingerprint density at radius 3 is 2.60 bits per heavy atom. The van der Waals surface area contributed by atoms with Gasteiger partial charge in [-0.05, 0) is 36.0 Å². The molecule has 0 bridgehead atoms. The lowest BCUT2D eigenvalue weighted by atomic mass is 9.85. The lowest BCUT2D eigenvalue weighted by Gasteiger charge is -2.25. The molecule has 0 saturated carbocycles. The van der Waals surface area contributed by atoms with Crippen molar-refractivity contribution < 1.29 is 9.47 Å². The van der Waals surface area contributed by atoms with Gasteiger partial charge >= 0.3 is 0 Å². The Morgan fingerprint density at radius 2 is 2.00 bits per heavy atom. The van der Waals surface area contributed by atoms with Gasteiger partial charge in [-0.1, -0.05) is 32.4 Å². The van der Waals surface area contributed by atoms with E-state index in [9.17, 15) is 0 Å². The van der Waals surface area contributed by atoms with E-state index in [-0.39, 0.29) is 0 Å². The van der Waals surface area contributed by atoms with Gasteiger partial charge in [-0.15, -0.1) is 0 Å². The van der Waals surface area contributed by atoms with Gasteiger partial charge in [0.15, 0.2) is 0 Å². The molecule has 1 rings (SSSR count). The second-order valence-electron chi connectivity index (χ2n) is 5.42. The highest BCUT2D eigenvalue weighted by Gasteiger charge is 2.18. The molecule has 0 aliphatic carbocycles. The Hall–Kier alpha value is -1.06. The molecule has 114 valence electrons. The molecule has 0 heterocycles. The van der Waals surface area contributed by atoms with Crippen LogP contribution in [0.5, 0.6) is 5.75 Å². The van der Waals surface area contributed by atoms with Crippen LogP contribution in [0.1, 0.15) is 37.3 Å². The zero-order valence-electron chi connectivity index (χ0n) is 13.5. The third kappa shape index (κ3) is 4.80. The highest BCUT2D eigenvalue weighted by molar-refractivity contribution is 5.38. The molecule has 2 unspecified atom stereocenters. The minimum absolute atomic E-state index is 0.506. The molecule has 1 N–H and O–H groups in total. The molecular formula is C17H29NO2. The van der Waals surface area contributed by atoms with E-state index in [4.69, 9.17) is 9.47 Å². The fraction of sp³-hybridized carbons (Fsp3) is 0.647. The lowest BCUT2D eigenvalue weighted by molar-refractivity contribution is 0.198. The van der Waals surface area contributed by atoms with Gasteiger partial charge in [0.2, 0.25) is 0 Å². The molecule has 20 heavy (non-hydrogen) atoms. The second kappa shape index (κ2) is 8.98. The zero-order valence-corrected chi connectivity index (χ0v) is 13.5. The van der Waals surface area contributed by atoms with Crippen LogP contribution in [-0.2, 0) is 4.74 Å². The molecule has 3 heteroatoms. The molecule has 2 atom stereocenters. The number of ether oxygens (including phenoxy) is 2. The molecule has 0 fully saturated rings. The van der Waals surface area contributed by atoms with Crippen LogP contribution in [0.3, 0.4) is 0 Å². The normalized spacial score (nSPS) is 14.1. The number of nitrogens with one attached hydrogen (secondary N) is 1. The van der Waals surface area contributed by atoms with E-state index in [1.165, 1.54) is 17.5 Å². The first kappa shape index (κ1) is 17.0. The minimum atomic E-state index is 0.506. The van der Waals surface area contributed by atoms with Crippen molar-refractivity contribution in [1.82, 2.24) is 5.32 Å². The summed E-state index contributed by atoms with van der Waals surface area (Å²) < 4.78 is 10.5. The maximum atomic E-state index is 5.45. The van der Waals surface area contributed by atoms with Gasteiger partial charge < -0.3 is 14.8 Å².